The van der Waals surface area contributed by atoms with Gasteiger partial charge in [-0.3, -0.25) is 4.18 Å². The van der Waals surface area contributed by atoms with Crippen molar-refractivity contribution in [3.8, 4) is 5.75 Å². The summed E-state index contributed by atoms with van der Waals surface area (Å²) >= 11 is 0. The topological polar surface area (TPSA) is 61.8 Å². The Morgan fingerprint density at radius 1 is 0.768 bits per heavy atom. The van der Waals surface area contributed by atoms with Crippen molar-refractivity contribution in [3.63, 3.8) is 0 Å². The standard InChI is InChI=1S/C42H48F8O5S/c1-38-25-31(14-9-21-39(43,44)41(47,48)42(49,50)40(45,46)22-23-55-56(2,51)52)37-33-18-16-32(53-26-28-10-5-3-6-11-28)24-30(33)15-17-34(37)35(38)19-20-36(38)54-27-29-12-7-4-8-13-29/h3-8,10-13,16,18,24,31,34-37H,9,14-15,17,19-23,25-27H2,1-2H3/t31-,34-,35-,36-,37+,38-/m0/s1. The van der Waals surface area contributed by atoms with Gasteiger partial charge in [0.2, 0.25) is 0 Å². The Bertz CT molecular complexity index is 1900. The molecular formula is C42H48F8O5S. The van der Waals surface area contributed by atoms with Crippen LogP contribution in [0, 0.1) is 23.2 Å². The fourth-order valence-corrected chi connectivity index (χ4v) is 10.0. The van der Waals surface area contributed by atoms with Crippen molar-refractivity contribution in [1.29, 1.82) is 0 Å². The van der Waals surface area contributed by atoms with Crippen molar-refractivity contribution < 1.29 is 57.2 Å². The summed E-state index contributed by atoms with van der Waals surface area (Å²) in [5.41, 5.74) is 3.67. The van der Waals surface area contributed by atoms with E-state index in [1.165, 1.54) is 0 Å². The number of halogens is 8. The van der Waals surface area contributed by atoms with Crippen LogP contribution < -0.4 is 4.74 Å². The minimum atomic E-state index is -6.50. The largest absolute Gasteiger partial charge is 0.489 e. The smallest absolute Gasteiger partial charge is 0.378 e. The van der Waals surface area contributed by atoms with Crippen molar-refractivity contribution in [3.05, 3.63) is 101 Å². The van der Waals surface area contributed by atoms with Crippen LogP contribution in [0.1, 0.15) is 86.5 Å². The van der Waals surface area contributed by atoms with Gasteiger partial charge in [0.1, 0.15) is 12.4 Å². The molecule has 0 aliphatic heterocycles. The second-order valence-corrected chi connectivity index (χ2v) is 17.7. The van der Waals surface area contributed by atoms with Crippen molar-refractivity contribution in [2.45, 2.75) is 114 Å². The fraction of sp³-hybridized carbons (Fsp3) is 0.571. The SMILES string of the molecule is C[C@]12C[C@H](CCCC(F)(F)C(F)(F)C(F)(F)C(F)(F)CCOS(C)(=O)=O)[C@@H]3c4ccc(OCc5ccccc5)cc4CC[C@H]3[C@@H]1CC[C@@H]2OCc1ccccc1. The summed E-state index contributed by atoms with van der Waals surface area (Å²) in [5.74, 6) is -23.6. The molecule has 6 rings (SSSR count). The highest BCUT2D eigenvalue weighted by atomic mass is 32.2. The molecule has 0 amide bonds. The summed E-state index contributed by atoms with van der Waals surface area (Å²) in [4.78, 5) is 0. The third kappa shape index (κ3) is 8.62. The highest BCUT2D eigenvalue weighted by molar-refractivity contribution is 7.85. The highest BCUT2D eigenvalue weighted by Crippen LogP contribution is 2.65. The molecule has 2 fully saturated rings. The zero-order valence-electron chi connectivity index (χ0n) is 31.4. The molecule has 0 radical (unpaired) electrons. The van der Waals surface area contributed by atoms with Gasteiger partial charge >= 0.3 is 23.7 Å². The molecule has 3 aliphatic rings. The van der Waals surface area contributed by atoms with E-state index in [9.17, 15) is 34.8 Å². The van der Waals surface area contributed by atoms with Gasteiger partial charge in [-0.25, -0.2) is 0 Å². The van der Waals surface area contributed by atoms with Crippen LogP contribution in [0.4, 0.5) is 35.1 Å². The van der Waals surface area contributed by atoms with Crippen LogP contribution in [0.5, 0.6) is 5.75 Å². The van der Waals surface area contributed by atoms with Crippen molar-refractivity contribution >= 4 is 10.1 Å². The molecule has 0 spiro atoms. The molecule has 5 nitrogen and oxygen atoms in total. The van der Waals surface area contributed by atoms with Crippen LogP contribution in [-0.4, -0.2) is 51.1 Å². The molecule has 2 saturated carbocycles. The van der Waals surface area contributed by atoms with Gasteiger partial charge in [0.05, 0.1) is 25.6 Å². The van der Waals surface area contributed by atoms with Crippen molar-refractivity contribution in [1.82, 2.24) is 0 Å². The number of alkyl halides is 8. The summed E-state index contributed by atoms with van der Waals surface area (Å²) in [6.07, 6.45) is -0.622. The minimum absolute atomic E-state index is 0.0313. The van der Waals surface area contributed by atoms with Gasteiger partial charge in [0.25, 0.3) is 10.1 Å². The summed E-state index contributed by atoms with van der Waals surface area (Å²) < 4.78 is 157. The summed E-state index contributed by atoms with van der Waals surface area (Å²) in [5, 5.41) is 0. The molecule has 3 aliphatic carbocycles. The van der Waals surface area contributed by atoms with Crippen LogP contribution in [-0.2, 0) is 38.7 Å². The van der Waals surface area contributed by atoms with Crippen LogP contribution in [0.3, 0.4) is 0 Å². The van der Waals surface area contributed by atoms with Gasteiger partial charge in [-0.15, -0.1) is 0 Å². The van der Waals surface area contributed by atoms with E-state index in [0.717, 1.165) is 47.9 Å². The van der Waals surface area contributed by atoms with Gasteiger partial charge in [0.15, 0.2) is 0 Å². The summed E-state index contributed by atoms with van der Waals surface area (Å²) in [6.45, 7) is 1.28. The molecule has 14 heteroatoms. The molecule has 308 valence electrons. The van der Waals surface area contributed by atoms with E-state index in [2.05, 4.69) is 11.1 Å². The molecule has 3 aromatic rings. The Morgan fingerprint density at radius 2 is 1.38 bits per heavy atom. The minimum Gasteiger partial charge on any atom is -0.489 e. The average Bonchev–Trinajstić information content (AvgIpc) is 3.48. The Balaban J connectivity index is 1.22. The van der Waals surface area contributed by atoms with E-state index < -0.39 is 59.7 Å². The zero-order valence-corrected chi connectivity index (χ0v) is 32.2. The maximum atomic E-state index is 15.2. The third-order valence-corrected chi connectivity index (χ3v) is 13.0. The van der Waals surface area contributed by atoms with E-state index >= 15 is 8.78 Å². The van der Waals surface area contributed by atoms with Gasteiger partial charge in [0, 0.05) is 12.8 Å². The van der Waals surface area contributed by atoms with Gasteiger partial charge < -0.3 is 9.47 Å². The number of hydrogen-bond acceptors (Lipinski definition) is 5. The molecule has 0 unspecified atom stereocenters. The molecule has 56 heavy (non-hydrogen) atoms. The van der Waals surface area contributed by atoms with Gasteiger partial charge in [-0.1, -0.05) is 73.7 Å². The quantitative estimate of drug-likeness (QED) is 0.100. The summed E-state index contributed by atoms with van der Waals surface area (Å²) in [7, 11) is -4.38. The monoisotopic (exact) mass is 816 g/mol. The number of fused-ring (bicyclic) bond motifs is 5. The van der Waals surface area contributed by atoms with Crippen molar-refractivity contribution in [2.75, 3.05) is 12.9 Å². The fourth-order valence-electron chi connectivity index (χ4n) is 9.66. The lowest BCUT2D eigenvalue weighted by molar-refractivity contribution is -0.368. The summed E-state index contributed by atoms with van der Waals surface area (Å²) in [6, 6.07) is 25.2. The van der Waals surface area contributed by atoms with E-state index in [1.807, 2.05) is 78.9 Å². The van der Waals surface area contributed by atoms with Gasteiger partial charge in [-0.05, 0) is 108 Å². The predicted octanol–water partition coefficient (Wildman–Crippen LogP) is 11.0. The average molecular weight is 817 g/mol. The molecule has 0 heterocycles. The predicted molar refractivity (Wildman–Crippen MR) is 195 cm³/mol. The first-order valence-corrected chi connectivity index (χ1v) is 20.9. The van der Waals surface area contributed by atoms with Crippen molar-refractivity contribution in [2.24, 2.45) is 23.2 Å². The Morgan fingerprint density at radius 3 is 2.00 bits per heavy atom. The van der Waals surface area contributed by atoms with Crippen LogP contribution in [0.25, 0.3) is 0 Å². The normalized spacial score (nSPS) is 25.6. The highest BCUT2D eigenvalue weighted by Gasteiger charge is 2.79. The second kappa shape index (κ2) is 16.2. The molecule has 0 aromatic heterocycles. The van der Waals surface area contributed by atoms with E-state index in [1.54, 1.807) is 0 Å². The van der Waals surface area contributed by atoms with Crippen LogP contribution in [0.15, 0.2) is 78.9 Å². The lowest BCUT2D eigenvalue weighted by Crippen LogP contribution is -2.62. The first-order valence-electron chi connectivity index (χ1n) is 19.1. The van der Waals surface area contributed by atoms with E-state index in [4.69, 9.17) is 9.47 Å². The maximum Gasteiger partial charge on any atom is 0.378 e. The maximum absolute atomic E-state index is 15.2. The molecule has 6 atom stereocenters. The first-order chi connectivity index (χ1) is 26.3. The lowest BCUT2D eigenvalue weighted by atomic mass is 9.51. The number of hydrogen-bond donors (Lipinski definition) is 0. The molecule has 0 bridgehead atoms. The van der Waals surface area contributed by atoms with Gasteiger partial charge in [-0.2, -0.15) is 43.5 Å². The zero-order chi connectivity index (χ0) is 40.6. The number of rotatable bonds is 17. The Hall–Kier alpha value is -3.23. The lowest BCUT2D eigenvalue weighted by Gasteiger charge is -2.54. The molecular weight excluding hydrogens is 769 g/mol. The molecule has 3 aromatic carbocycles. The van der Waals surface area contributed by atoms with E-state index in [-0.39, 0.29) is 41.6 Å². The first kappa shape index (κ1) is 42.4. The third-order valence-electron chi connectivity index (χ3n) is 12.4. The molecule has 0 saturated heterocycles. The number of benzene rings is 3. The van der Waals surface area contributed by atoms with E-state index in [0.29, 0.717) is 31.6 Å². The molecule has 0 N–H and O–H groups in total. The number of ether oxygens (including phenoxy) is 2. The number of aryl methyl sites for hydroxylation is 1. The van der Waals surface area contributed by atoms with Crippen LogP contribution >= 0.6 is 0 Å². The Kier molecular flexibility index (Phi) is 12.3. The van der Waals surface area contributed by atoms with Crippen LogP contribution in [0.2, 0.25) is 0 Å². The second-order valence-electron chi connectivity index (χ2n) is 16.0. The Labute approximate surface area is 323 Å².